The summed E-state index contributed by atoms with van der Waals surface area (Å²) >= 11 is 2.23. The number of ether oxygens (including phenoxy) is 2. The summed E-state index contributed by atoms with van der Waals surface area (Å²) in [6.07, 6.45) is 7.60. The third-order valence-corrected chi connectivity index (χ3v) is 8.35. The molecule has 0 aromatic heterocycles. The predicted molar refractivity (Wildman–Crippen MR) is 168 cm³/mol. The van der Waals surface area contributed by atoms with Crippen molar-refractivity contribution in [2.24, 2.45) is 10.9 Å². The SMILES string of the molecule is CCOc1cc(C=Nc2ccc([C@@H]3Nc4ccccc4[C@@H]4C=CC[C@H]43)cc2)cc(I)c1OCc1ccccc1F. The number of benzene rings is 4. The lowest BCUT2D eigenvalue weighted by molar-refractivity contribution is 0.264. The lowest BCUT2D eigenvalue weighted by Crippen LogP contribution is -2.28. The van der Waals surface area contributed by atoms with E-state index in [0.717, 1.165) is 21.2 Å². The molecule has 0 saturated carbocycles. The Bertz CT molecular complexity index is 1570. The van der Waals surface area contributed by atoms with Crippen LogP contribution in [0.15, 0.2) is 102 Å². The topological polar surface area (TPSA) is 42.8 Å². The van der Waals surface area contributed by atoms with Crippen molar-refractivity contribution < 1.29 is 13.9 Å². The molecule has 6 rings (SSSR count). The Balaban J connectivity index is 1.18. The van der Waals surface area contributed by atoms with E-state index < -0.39 is 0 Å². The third-order valence-electron chi connectivity index (χ3n) is 7.55. The summed E-state index contributed by atoms with van der Waals surface area (Å²) in [6.45, 7) is 2.55. The van der Waals surface area contributed by atoms with Gasteiger partial charge in [-0.1, -0.05) is 60.7 Å². The first-order valence-corrected chi connectivity index (χ1v) is 14.7. The molecule has 4 nitrogen and oxygen atoms in total. The Morgan fingerprint density at radius 1 is 1.00 bits per heavy atom. The van der Waals surface area contributed by atoms with Gasteiger partial charge in [0.05, 0.1) is 21.9 Å². The molecule has 1 N–H and O–H groups in total. The average molecular weight is 645 g/mol. The quantitative estimate of drug-likeness (QED) is 0.118. The minimum atomic E-state index is -0.283. The highest BCUT2D eigenvalue weighted by Gasteiger charge is 2.37. The molecular weight excluding hydrogens is 614 g/mol. The zero-order chi connectivity index (χ0) is 27.5. The summed E-state index contributed by atoms with van der Waals surface area (Å²) in [5, 5.41) is 3.79. The second-order valence-corrected chi connectivity index (χ2v) is 11.2. The van der Waals surface area contributed by atoms with Gasteiger partial charge < -0.3 is 14.8 Å². The zero-order valence-electron chi connectivity index (χ0n) is 22.2. The van der Waals surface area contributed by atoms with E-state index in [-0.39, 0.29) is 18.5 Å². The zero-order valence-corrected chi connectivity index (χ0v) is 24.3. The van der Waals surface area contributed by atoms with E-state index in [4.69, 9.17) is 14.5 Å². The third kappa shape index (κ3) is 5.50. The molecule has 1 aliphatic carbocycles. The second-order valence-electron chi connectivity index (χ2n) is 10.1. The number of halogens is 2. The van der Waals surface area contributed by atoms with Crippen LogP contribution in [0.4, 0.5) is 15.8 Å². The van der Waals surface area contributed by atoms with Crippen LogP contribution >= 0.6 is 22.6 Å². The van der Waals surface area contributed by atoms with Gasteiger partial charge in [0, 0.05) is 23.4 Å². The molecular formula is C34H30FIN2O2. The summed E-state index contributed by atoms with van der Waals surface area (Å²) in [7, 11) is 0. The smallest absolute Gasteiger partial charge is 0.175 e. The Morgan fingerprint density at radius 2 is 1.80 bits per heavy atom. The monoisotopic (exact) mass is 644 g/mol. The van der Waals surface area contributed by atoms with E-state index in [9.17, 15) is 4.39 Å². The van der Waals surface area contributed by atoms with Crippen LogP contribution in [0.1, 0.15) is 47.6 Å². The van der Waals surface area contributed by atoms with Crippen LogP contribution in [-0.2, 0) is 6.61 Å². The minimum Gasteiger partial charge on any atom is -0.490 e. The highest BCUT2D eigenvalue weighted by molar-refractivity contribution is 14.1. The van der Waals surface area contributed by atoms with E-state index in [1.165, 1.54) is 22.9 Å². The number of nitrogens with zero attached hydrogens (tertiary/aromatic N) is 1. The van der Waals surface area contributed by atoms with Crippen LogP contribution in [0.5, 0.6) is 11.5 Å². The van der Waals surface area contributed by atoms with Gasteiger partial charge in [-0.25, -0.2) is 4.39 Å². The number of nitrogens with one attached hydrogen (secondary N) is 1. The Kier molecular flexibility index (Phi) is 7.86. The van der Waals surface area contributed by atoms with Gasteiger partial charge in [0.2, 0.25) is 0 Å². The van der Waals surface area contributed by atoms with Crippen molar-refractivity contribution in [2.75, 3.05) is 11.9 Å². The van der Waals surface area contributed by atoms with Crippen LogP contribution in [0, 0.1) is 15.3 Å². The van der Waals surface area contributed by atoms with Crippen LogP contribution in [0.3, 0.4) is 0 Å². The fourth-order valence-electron chi connectivity index (χ4n) is 5.62. The average Bonchev–Trinajstić information content (AvgIpc) is 3.47. The standard InChI is InChI=1S/C34H30FIN2O2/c1-2-39-32-19-22(18-30(36)34(32)40-21-24-8-3-5-12-29(24)35)20-37-25-16-14-23(15-17-25)33-28-11-7-10-26(28)27-9-4-6-13-31(27)38-33/h3-10,12-20,26,28,33,38H,2,11,21H2,1H3/t26-,28+,33-/m0/s1. The Morgan fingerprint density at radius 3 is 2.62 bits per heavy atom. The van der Waals surface area contributed by atoms with Gasteiger partial charge in [0.1, 0.15) is 12.4 Å². The molecule has 3 atom stereocenters. The van der Waals surface area contributed by atoms with Gasteiger partial charge in [-0.15, -0.1) is 0 Å². The van der Waals surface area contributed by atoms with Crippen molar-refractivity contribution in [3.63, 3.8) is 0 Å². The van der Waals surface area contributed by atoms with Gasteiger partial charge in [0.25, 0.3) is 0 Å². The molecule has 0 fully saturated rings. The van der Waals surface area contributed by atoms with Crippen molar-refractivity contribution in [1.29, 1.82) is 0 Å². The van der Waals surface area contributed by atoms with E-state index in [1.807, 2.05) is 25.3 Å². The van der Waals surface area contributed by atoms with E-state index in [0.29, 0.717) is 35.5 Å². The number of anilines is 1. The first kappa shape index (κ1) is 26.6. The molecule has 2 aliphatic rings. The lowest BCUT2D eigenvalue weighted by atomic mass is 9.77. The molecule has 0 amide bonds. The minimum absolute atomic E-state index is 0.127. The van der Waals surface area contributed by atoms with E-state index >= 15 is 0 Å². The van der Waals surface area contributed by atoms with Crippen LogP contribution < -0.4 is 14.8 Å². The maximum absolute atomic E-state index is 14.1. The number of aliphatic imine (C=N–C) groups is 1. The van der Waals surface area contributed by atoms with Crippen molar-refractivity contribution >= 4 is 40.2 Å². The number of allylic oxidation sites excluding steroid dienone is 2. The number of hydrogen-bond acceptors (Lipinski definition) is 4. The molecule has 0 spiro atoms. The maximum Gasteiger partial charge on any atom is 0.175 e. The summed E-state index contributed by atoms with van der Waals surface area (Å²) in [5.41, 5.74) is 6.18. The van der Waals surface area contributed by atoms with Crippen LogP contribution in [-0.4, -0.2) is 12.8 Å². The first-order valence-electron chi connectivity index (χ1n) is 13.6. The van der Waals surface area contributed by atoms with Crippen molar-refractivity contribution in [2.45, 2.75) is 31.9 Å². The summed E-state index contributed by atoms with van der Waals surface area (Å²) in [4.78, 5) is 4.74. The molecule has 0 unspecified atom stereocenters. The first-order chi connectivity index (χ1) is 19.6. The van der Waals surface area contributed by atoms with Crippen LogP contribution in [0.2, 0.25) is 0 Å². The Hall–Kier alpha value is -3.65. The van der Waals surface area contributed by atoms with Gasteiger partial charge >= 0.3 is 0 Å². The summed E-state index contributed by atoms with van der Waals surface area (Å²) in [5.74, 6) is 1.91. The van der Waals surface area contributed by atoms with Gasteiger partial charge in [-0.05, 0) is 94.9 Å². The highest BCUT2D eigenvalue weighted by atomic mass is 127. The van der Waals surface area contributed by atoms with E-state index in [1.54, 1.807) is 18.2 Å². The molecule has 0 saturated heterocycles. The number of rotatable bonds is 8. The van der Waals surface area contributed by atoms with Gasteiger partial charge in [-0.3, -0.25) is 4.99 Å². The fourth-order valence-corrected chi connectivity index (χ4v) is 6.40. The molecule has 1 heterocycles. The molecule has 6 heteroatoms. The number of para-hydroxylation sites is 1. The lowest BCUT2D eigenvalue weighted by Gasteiger charge is -2.37. The molecule has 1 aliphatic heterocycles. The maximum atomic E-state index is 14.1. The van der Waals surface area contributed by atoms with E-state index in [2.05, 4.69) is 88.6 Å². The molecule has 0 radical (unpaired) electrons. The van der Waals surface area contributed by atoms with Gasteiger partial charge in [-0.2, -0.15) is 0 Å². The normalized spacial score (nSPS) is 19.2. The van der Waals surface area contributed by atoms with Crippen LogP contribution in [0.25, 0.3) is 0 Å². The fraction of sp³-hybridized carbons (Fsp3) is 0.206. The summed E-state index contributed by atoms with van der Waals surface area (Å²) in [6, 6.07) is 28.0. The number of hydrogen-bond donors (Lipinski definition) is 1. The molecule has 4 aromatic rings. The van der Waals surface area contributed by atoms with Crippen molar-refractivity contribution in [1.82, 2.24) is 0 Å². The highest BCUT2D eigenvalue weighted by Crippen LogP contribution is 2.49. The van der Waals surface area contributed by atoms with Crippen molar-refractivity contribution in [3.05, 3.63) is 129 Å². The molecule has 202 valence electrons. The second kappa shape index (κ2) is 11.8. The molecule has 40 heavy (non-hydrogen) atoms. The summed E-state index contributed by atoms with van der Waals surface area (Å²) < 4.78 is 26.8. The Labute approximate surface area is 248 Å². The van der Waals surface area contributed by atoms with Crippen molar-refractivity contribution in [3.8, 4) is 11.5 Å². The molecule has 0 bridgehead atoms. The largest absolute Gasteiger partial charge is 0.490 e. The predicted octanol–water partition coefficient (Wildman–Crippen LogP) is 8.99. The van der Waals surface area contributed by atoms with Gasteiger partial charge in [0.15, 0.2) is 11.5 Å². The number of fused-ring (bicyclic) bond motifs is 3. The molecule has 4 aromatic carbocycles.